The minimum atomic E-state index is -0.846. The van der Waals surface area contributed by atoms with Crippen LogP contribution in [-0.4, -0.2) is 66.0 Å². The van der Waals surface area contributed by atoms with Crippen LogP contribution in [0.5, 0.6) is 0 Å². The van der Waals surface area contributed by atoms with Crippen molar-refractivity contribution in [2.45, 2.75) is 33.1 Å². The van der Waals surface area contributed by atoms with Crippen molar-refractivity contribution in [2.75, 3.05) is 33.2 Å². The minimum absolute atomic E-state index is 0.0620. The summed E-state index contributed by atoms with van der Waals surface area (Å²) in [5.41, 5.74) is -0.837. The minimum Gasteiger partial charge on any atom is -0.481 e. The number of likely N-dealkylation sites (tertiary alicyclic amines) is 1. The van der Waals surface area contributed by atoms with E-state index in [1.54, 1.807) is 7.05 Å². The van der Waals surface area contributed by atoms with E-state index in [4.69, 9.17) is 0 Å². The van der Waals surface area contributed by atoms with Crippen molar-refractivity contribution < 1.29 is 19.5 Å². The predicted molar refractivity (Wildman–Crippen MR) is 77.9 cm³/mol. The van der Waals surface area contributed by atoms with Crippen molar-refractivity contribution in [2.24, 2.45) is 5.41 Å². The summed E-state index contributed by atoms with van der Waals surface area (Å²) in [5, 5.41) is 12.0. The summed E-state index contributed by atoms with van der Waals surface area (Å²) >= 11 is 0. The van der Waals surface area contributed by atoms with Crippen LogP contribution in [0.15, 0.2) is 0 Å². The molecule has 1 aliphatic rings. The van der Waals surface area contributed by atoms with Gasteiger partial charge in [0.2, 0.25) is 5.91 Å². The molecule has 0 aromatic rings. The number of carboxylic acids is 1. The molecule has 0 saturated carbocycles. The van der Waals surface area contributed by atoms with Gasteiger partial charge in [-0.25, -0.2) is 4.79 Å². The van der Waals surface area contributed by atoms with Crippen molar-refractivity contribution in [1.82, 2.24) is 15.1 Å². The molecule has 120 valence electrons. The number of likely N-dealkylation sites (N-methyl/N-ethyl adjacent to an activating group) is 1. The maximum Gasteiger partial charge on any atom is 0.317 e. The number of hydrogen-bond donors (Lipinski definition) is 2. The summed E-state index contributed by atoms with van der Waals surface area (Å²) in [5.74, 6) is -1.01. The largest absolute Gasteiger partial charge is 0.481 e. The van der Waals surface area contributed by atoms with E-state index in [9.17, 15) is 19.5 Å². The van der Waals surface area contributed by atoms with Crippen molar-refractivity contribution in [3.05, 3.63) is 0 Å². The second kappa shape index (κ2) is 7.28. The molecule has 0 aliphatic carbocycles. The van der Waals surface area contributed by atoms with Crippen molar-refractivity contribution in [3.63, 3.8) is 0 Å². The van der Waals surface area contributed by atoms with Crippen LogP contribution >= 0.6 is 0 Å². The van der Waals surface area contributed by atoms with E-state index in [1.807, 2.05) is 13.8 Å². The Morgan fingerprint density at radius 1 is 1.33 bits per heavy atom. The molecule has 21 heavy (non-hydrogen) atoms. The van der Waals surface area contributed by atoms with E-state index in [1.165, 1.54) is 9.80 Å². The smallest absolute Gasteiger partial charge is 0.317 e. The Labute approximate surface area is 125 Å². The van der Waals surface area contributed by atoms with Gasteiger partial charge in [-0.1, -0.05) is 13.3 Å². The van der Waals surface area contributed by atoms with Gasteiger partial charge in [0.05, 0.1) is 12.0 Å². The van der Waals surface area contributed by atoms with Gasteiger partial charge in [0, 0.05) is 26.7 Å². The van der Waals surface area contributed by atoms with Gasteiger partial charge in [0.25, 0.3) is 0 Å². The first-order valence-corrected chi connectivity index (χ1v) is 7.36. The number of amides is 3. The molecular weight excluding hydrogens is 274 g/mol. The molecule has 1 heterocycles. The molecule has 3 amide bonds. The number of carbonyl (C=O) groups excluding carboxylic acids is 2. The zero-order chi connectivity index (χ0) is 16.0. The lowest BCUT2D eigenvalue weighted by Crippen LogP contribution is -2.45. The van der Waals surface area contributed by atoms with Crippen LogP contribution in [0.1, 0.15) is 33.1 Å². The fourth-order valence-electron chi connectivity index (χ4n) is 2.58. The average molecular weight is 299 g/mol. The molecule has 7 heteroatoms. The lowest BCUT2D eigenvalue weighted by Gasteiger charge is -2.24. The maximum atomic E-state index is 12.0. The van der Waals surface area contributed by atoms with Crippen LogP contribution in [0, 0.1) is 5.41 Å². The van der Waals surface area contributed by atoms with Crippen LogP contribution in [0.3, 0.4) is 0 Å². The van der Waals surface area contributed by atoms with Crippen molar-refractivity contribution in [1.29, 1.82) is 0 Å². The number of carboxylic acid groups (broad SMARTS) is 1. The van der Waals surface area contributed by atoms with Gasteiger partial charge in [0.15, 0.2) is 0 Å². The summed E-state index contributed by atoms with van der Waals surface area (Å²) < 4.78 is 0. The summed E-state index contributed by atoms with van der Waals surface area (Å²) in [6.45, 7) is 4.93. The average Bonchev–Trinajstić information content (AvgIpc) is 2.89. The molecule has 0 bridgehead atoms. The molecule has 1 aliphatic heterocycles. The molecule has 0 aromatic carbocycles. The standard InChI is InChI=1S/C14H25N3O4/c1-4-6-14(12(19)20)7-8-17(10-14)13(21)15-9-11(18)16(3)5-2/h4-10H2,1-3H3,(H,15,21)(H,19,20). The normalized spacial score (nSPS) is 21.2. The van der Waals surface area contributed by atoms with Crippen LogP contribution in [0.2, 0.25) is 0 Å². The van der Waals surface area contributed by atoms with Gasteiger partial charge >= 0.3 is 12.0 Å². The van der Waals surface area contributed by atoms with Gasteiger partial charge in [0.1, 0.15) is 0 Å². The first-order chi connectivity index (χ1) is 9.86. The highest BCUT2D eigenvalue weighted by Gasteiger charge is 2.45. The highest BCUT2D eigenvalue weighted by Crippen LogP contribution is 2.35. The van der Waals surface area contributed by atoms with Gasteiger partial charge in [-0.2, -0.15) is 0 Å². The molecule has 1 fully saturated rings. The van der Waals surface area contributed by atoms with Crippen LogP contribution in [0.25, 0.3) is 0 Å². The first-order valence-electron chi connectivity index (χ1n) is 7.36. The predicted octanol–water partition coefficient (Wildman–Crippen LogP) is 0.751. The van der Waals surface area contributed by atoms with Gasteiger partial charge in [-0.05, 0) is 19.8 Å². The Kier molecular flexibility index (Phi) is 5.99. The van der Waals surface area contributed by atoms with Crippen LogP contribution < -0.4 is 5.32 Å². The number of urea groups is 1. The maximum absolute atomic E-state index is 12.0. The third-order valence-corrected chi connectivity index (χ3v) is 4.11. The fraction of sp³-hybridized carbons (Fsp3) is 0.786. The van der Waals surface area contributed by atoms with E-state index in [0.29, 0.717) is 25.9 Å². The number of aliphatic carboxylic acids is 1. The summed E-state index contributed by atoms with van der Waals surface area (Å²) in [6, 6.07) is -0.368. The van der Waals surface area contributed by atoms with Gasteiger partial charge < -0.3 is 20.2 Å². The number of carbonyl (C=O) groups is 3. The van der Waals surface area contributed by atoms with E-state index in [2.05, 4.69) is 5.32 Å². The highest BCUT2D eigenvalue weighted by molar-refractivity contribution is 5.85. The van der Waals surface area contributed by atoms with Gasteiger partial charge in [-0.3, -0.25) is 9.59 Å². The molecule has 1 saturated heterocycles. The van der Waals surface area contributed by atoms with Crippen molar-refractivity contribution >= 4 is 17.9 Å². The molecule has 1 unspecified atom stereocenters. The second-order valence-corrected chi connectivity index (χ2v) is 5.57. The Bertz CT molecular complexity index is 413. The number of nitrogens with zero attached hydrogens (tertiary/aromatic N) is 2. The first kappa shape index (κ1) is 17.3. The molecule has 0 aromatic heterocycles. The fourth-order valence-corrected chi connectivity index (χ4v) is 2.58. The summed E-state index contributed by atoms with van der Waals surface area (Å²) in [4.78, 5) is 38.1. The number of rotatable bonds is 6. The molecule has 7 nitrogen and oxygen atoms in total. The van der Waals surface area contributed by atoms with Crippen molar-refractivity contribution in [3.8, 4) is 0 Å². The summed E-state index contributed by atoms with van der Waals surface area (Å²) in [7, 11) is 1.67. The Balaban J connectivity index is 2.54. The van der Waals surface area contributed by atoms with E-state index < -0.39 is 11.4 Å². The van der Waals surface area contributed by atoms with Crippen LogP contribution in [-0.2, 0) is 9.59 Å². The lowest BCUT2D eigenvalue weighted by atomic mass is 9.83. The Morgan fingerprint density at radius 2 is 2.00 bits per heavy atom. The monoisotopic (exact) mass is 299 g/mol. The molecule has 0 radical (unpaired) electrons. The molecule has 1 atom stereocenters. The quantitative estimate of drug-likeness (QED) is 0.757. The Morgan fingerprint density at radius 3 is 2.52 bits per heavy atom. The molecular formula is C14H25N3O4. The SMILES string of the molecule is CCCC1(C(=O)O)CCN(C(=O)NCC(=O)N(C)CC)C1. The number of hydrogen-bond acceptors (Lipinski definition) is 3. The molecule has 0 spiro atoms. The lowest BCUT2D eigenvalue weighted by molar-refractivity contribution is -0.148. The highest BCUT2D eigenvalue weighted by atomic mass is 16.4. The Hall–Kier alpha value is -1.79. The zero-order valence-electron chi connectivity index (χ0n) is 13.0. The van der Waals surface area contributed by atoms with Crippen LogP contribution in [0.4, 0.5) is 4.79 Å². The summed E-state index contributed by atoms with van der Waals surface area (Å²) in [6.07, 6.45) is 1.79. The van der Waals surface area contributed by atoms with Gasteiger partial charge in [-0.15, -0.1) is 0 Å². The molecule has 2 N–H and O–H groups in total. The van der Waals surface area contributed by atoms with E-state index in [-0.39, 0.29) is 25.0 Å². The third-order valence-electron chi connectivity index (χ3n) is 4.11. The number of nitrogens with one attached hydrogen (secondary N) is 1. The zero-order valence-corrected chi connectivity index (χ0v) is 13.0. The van der Waals surface area contributed by atoms with E-state index >= 15 is 0 Å². The third kappa shape index (κ3) is 4.09. The topological polar surface area (TPSA) is 90.0 Å². The second-order valence-electron chi connectivity index (χ2n) is 5.57. The molecule has 1 rings (SSSR count). The van der Waals surface area contributed by atoms with E-state index in [0.717, 1.165) is 6.42 Å².